The van der Waals surface area contributed by atoms with E-state index in [1.54, 1.807) is 0 Å². The monoisotopic (exact) mass is 259 g/mol. The van der Waals surface area contributed by atoms with E-state index in [0.717, 1.165) is 12.0 Å². The number of aromatic nitrogens is 1. The maximum Gasteiger partial charge on any atom is 0.0295 e. The Morgan fingerprint density at radius 1 is 1.21 bits per heavy atom. The smallest absolute Gasteiger partial charge is 0.0295 e. The fourth-order valence-electron chi connectivity index (χ4n) is 3.82. The Bertz CT molecular complexity index is 386. The quantitative estimate of drug-likeness (QED) is 0.873. The lowest BCUT2D eigenvalue weighted by atomic mass is 9.92. The lowest BCUT2D eigenvalue weighted by molar-refractivity contribution is 0.303. The van der Waals surface area contributed by atoms with Gasteiger partial charge in [0.2, 0.25) is 0 Å². The zero-order valence-corrected chi connectivity index (χ0v) is 11.8. The number of rotatable bonds is 4. The van der Waals surface area contributed by atoms with Crippen molar-refractivity contribution in [3.05, 3.63) is 30.1 Å². The third-order valence-electron chi connectivity index (χ3n) is 4.85. The normalized spacial score (nSPS) is 32.6. The Kier molecular flexibility index (Phi) is 4.14. The molecule has 3 heteroatoms. The van der Waals surface area contributed by atoms with Crippen molar-refractivity contribution in [2.75, 3.05) is 6.54 Å². The Labute approximate surface area is 116 Å². The van der Waals surface area contributed by atoms with Gasteiger partial charge in [-0.15, -0.1) is 0 Å². The first-order valence-corrected chi connectivity index (χ1v) is 7.74. The fourth-order valence-corrected chi connectivity index (χ4v) is 3.82. The summed E-state index contributed by atoms with van der Waals surface area (Å²) < 4.78 is 0. The Balaban J connectivity index is 1.62. The summed E-state index contributed by atoms with van der Waals surface area (Å²) >= 11 is 0. The van der Waals surface area contributed by atoms with Crippen LogP contribution in [0.3, 0.4) is 0 Å². The van der Waals surface area contributed by atoms with E-state index < -0.39 is 0 Å². The van der Waals surface area contributed by atoms with Crippen LogP contribution in [0.15, 0.2) is 24.5 Å². The SMILES string of the molecule is CC(NC1CCCC1C1CCCN1)c1ccncc1. The second-order valence-corrected chi connectivity index (χ2v) is 6.07. The lowest BCUT2D eigenvalue weighted by Gasteiger charge is -2.29. The van der Waals surface area contributed by atoms with E-state index in [9.17, 15) is 0 Å². The molecule has 3 rings (SSSR count). The lowest BCUT2D eigenvalue weighted by Crippen LogP contribution is -2.42. The summed E-state index contributed by atoms with van der Waals surface area (Å²) in [5, 5.41) is 7.55. The Morgan fingerprint density at radius 2 is 2.05 bits per heavy atom. The molecule has 4 atom stereocenters. The molecule has 0 aromatic carbocycles. The number of nitrogens with one attached hydrogen (secondary N) is 2. The first kappa shape index (κ1) is 13.1. The molecule has 3 nitrogen and oxygen atoms in total. The molecule has 4 unspecified atom stereocenters. The van der Waals surface area contributed by atoms with Crippen LogP contribution in [0.4, 0.5) is 0 Å². The van der Waals surface area contributed by atoms with Gasteiger partial charge in [-0.2, -0.15) is 0 Å². The molecule has 1 aliphatic carbocycles. The van der Waals surface area contributed by atoms with Gasteiger partial charge in [-0.05, 0) is 62.8 Å². The third kappa shape index (κ3) is 2.98. The van der Waals surface area contributed by atoms with Gasteiger partial charge in [-0.3, -0.25) is 4.98 Å². The molecule has 2 heterocycles. The molecule has 1 aliphatic heterocycles. The zero-order chi connectivity index (χ0) is 13.1. The number of pyridine rings is 1. The Morgan fingerprint density at radius 3 is 2.79 bits per heavy atom. The van der Waals surface area contributed by atoms with Crippen molar-refractivity contribution < 1.29 is 0 Å². The molecule has 2 fully saturated rings. The van der Waals surface area contributed by atoms with Crippen molar-refractivity contribution in [2.45, 2.75) is 57.2 Å². The van der Waals surface area contributed by atoms with Gasteiger partial charge in [0.05, 0.1) is 0 Å². The summed E-state index contributed by atoms with van der Waals surface area (Å²) in [4.78, 5) is 4.10. The third-order valence-corrected chi connectivity index (χ3v) is 4.85. The number of hydrogen-bond acceptors (Lipinski definition) is 3. The summed E-state index contributed by atoms with van der Waals surface area (Å²) in [6.45, 7) is 3.49. The van der Waals surface area contributed by atoms with Gasteiger partial charge in [-0.25, -0.2) is 0 Å². The molecular weight excluding hydrogens is 234 g/mol. The van der Waals surface area contributed by atoms with Gasteiger partial charge < -0.3 is 10.6 Å². The van der Waals surface area contributed by atoms with Gasteiger partial charge in [0.15, 0.2) is 0 Å². The molecule has 0 radical (unpaired) electrons. The summed E-state index contributed by atoms with van der Waals surface area (Å²) in [6.07, 6.45) is 10.6. The number of hydrogen-bond donors (Lipinski definition) is 2. The van der Waals surface area contributed by atoms with Gasteiger partial charge >= 0.3 is 0 Å². The summed E-state index contributed by atoms with van der Waals surface area (Å²) in [5.41, 5.74) is 1.35. The van der Waals surface area contributed by atoms with Crippen LogP contribution in [0.5, 0.6) is 0 Å². The van der Waals surface area contributed by atoms with E-state index in [0.29, 0.717) is 12.1 Å². The predicted octanol–water partition coefficient (Wildman–Crippen LogP) is 2.65. The minimum atomic E-state index is 0.426. The molecule has 1 saturated heterocycles. The molecule has 2 aliphatic rings. The zero-order valence-electron chi connectivity index (χ0n) is 11.8. The molecule has 0 spiro atoms. The molecule has 2 N–H and O–H groups in total. The molecule has 19 heavy (non-hydrogen) atoms. The first-order chi connectivity index (χ1) is 9.34. The van der Waals surface area contributed by atoms with E-state index in [4.69, 9.17) is 0 Å². The predicted molar refractivity (Wildman–Crippen MR) is 77.9 cm³/mol. The van der Waals surface area contributed by atoms with Crippen LogP contribution in [-0.4, -0.2) is 23.6 Å². The molecule has 0 bridgehead atoms. The molecular formula is C16H25N3. The van der Waals surface area contributed by atoms with Crippen LogP contribution in [-0.2, 0) is 0 Å². The van der Waals surface area contributed by atoms with E-state index in [1.165, 1.54) is 44.2 Å². The molecule has 1 aromatic rings. The van der Waals surface area contributed by atoms with Crippen LogP contribution >= 0.6 is 0 Å². The molecule has 1 aromatic heterocycles. The maximum absolute atomic E-state index is 4.10. The van der Waals surface area contributed by atoms with Crippen molar-refractivity contribution in [2.24, 2.45) is 5.92 Å². The highest BCUT2D eigenvalue weighted by molar-refractivity contribution is 5.14. The van der Waals surface area contributed by atoms with Gasteiger partial charge in [0.1, 0.15) is 0 Å². The van der Waals surface area contributed by atoms with Gasteiger partial charge in [0.25, 0.3) is 0 Å². The largest absolute Gasteiger partial charge is 0.314 e. The topological polar surface area (TPSA) is 37.0 Å². The minimum Gasteiger partial charge on any atom is -0.314 e. The van der Waals surface area contributed by atoms with Crippen LogP contribution in [0, 0.1) is 5.92 Å². The fraction of sp³-hybridized carbons (Fsp3) is 0.688. The minimum absolute atomic E-state index is 0.426. The highest BCUT2D eigenvalue weighted by Gasteiger charge is 2.35. The average Bonchev–Trinajstić information content (AvgIpc) is 3.10. The Hall–Kier alpha value is -0.930. The summed E-state index contributed by atoms with van der Waals surface area (Å²) in [7, 11) is 0. The van der Waals surface area contributed by atoms with E-state index in [1.807, 2.05) is 12.4 Å². The number of nitrogens with zero attached hydrogens (tertiary/aromatic N) is 1. The second-order valence-electron chi connectivity index (χ2n) is 6.07. The second kappa shape index (κ2) is 6.02. The highest BCUT2D eigenvalue weighted by Crippen LogP contribution is 2.33. The summed E-state index contributed by atoms with van der Waals surface area (Å²) in [6, 6.07) is 6.10. The standard InChI is InChI=1S/C16H25N3/c1-12(13-7-10-17-11-8-13)19-16-5-2-4-14(16)15-6-3-9-18-15/h7-8,10-12,14-16,18-19H,2-6,9H2,1H3. The van der Waals surface area contributed by atoms with Crippen molar-refractivity contribution >= 4 is 0 Å². The van der Waals surface area contributed by atoms with Crippen LogP contribution in [0.25, 0.3) is 0 Å². The van der Waals surface area contributed by atoms with Crippen LogP contribution in [0.2, 0.25) is 0 Å². The van der Waals surface area contributed by atoms with Gasteiger partial charge in [0, 0.05) is 30.5 Å². The maximum atomic E-state index is 4.10. The molecule has 1 saturated carbocycles. The van der Waals surface area contributed by atoms with Gasteiger partial charge in [-0.1, -0.05) is 6.42 Å². The van der Waals surface area contributed by atoms with Crippen LogP contribution < -0.4 is 10.6 Å². The van der Waals surface area contributed by atoms with E-state index in [2.05, 4.69) is 34.7 Å². The van der Waals surface area contributed by atoms with Crippen molar-refractivity contribution in [3.8, 4) is 0 Å². The van der Waals surface area contributed by atoms with Crippen molar-refractivity contribution in [1.29, 1.82) is 0 Å². The highest BCUT2D eigenvalue weighted by atomic mass is 15.0. The molecule has 0 amide bonds. The average molecular weight is 259 g/mol. The van der Waals surface area contributed by atoms with E-state index in [-0.39, 0.29) is 0 Å². The van der Waals surface area contributed by atoms with Crippen molar-refractivity contribution in [3.63, 3.8) is 0 Å². The first-order valence-electron chi connectivity index (χ1n) is 7.74. The summed E-state index contributed by atoms with van der Waals surface area (Å²) in [5.74, 6) is 0.826. The van der Waals surface area contributed by atoms with E-state index >= 15 is 0 Å². The van der Waals surface area contributed by atoms with Crippen LogP contribution in [0.1, 0.15) is 50.6 Å². The molecule has 104 valence electrons. The van der Waals surface area contributed by atoms with Crippen molar-refractivity contribution in [1.82, 2.24) is 15.6 Å².